The van der Waals surface area contributed by atoms with Gasteiger partial charge in [-0.15, -0.1) is 0 Å². The summed E-state index contributed by atoms with van der Waals surface area (Å²) in [5.41, 5.74) is -0.0659. The Morgan fingerprint density at radius 3 is 1.59 bits per heavy atom. The molecule has 6 saturated heterocycles. The lowest BCUT2D eigenvalue weighted by Gasteiger charge is -2.70. The molecule has 0 radical (unpaired) electrons. The van der Waals surface area contributed by atoms with Crippen molar-refractivity contribution in [1.82, 2.24) is 0 Å². The van der Waals surface area contributed by atoms with E-state index in [0.717, 1.165) is 88.2 Å². The number of ether oxygens (including phenoxy) is 4. The van der Waals surface area contributed by atoms with Crippen LogP contribution in [0.1, 0.15) is 179 Å². The van der Waals surface area contributed by atoms with Gasteiger partial charge in [0.25, 0.3) is 0 Å². The Bertz CT molecular complexity index is 2700. The summed E-state index contributed by atoms with van der Waals surface area (Å²) < 4.78 is 113. The molecular formula is C58H88O16S2-2. The average molecular weight is 1110 g/mol. The molecule has 0 unspecified atom stereocenters. The van der Waals surface area contributed by atoms with Gasteiger partial charge in [-0.25, -0.2) is 16.8 Å². The predicted octanol–water partition coefficient (Wildman–Crippen LogP) is 7.74. The molecule has 6 bridgehead atoms. The van der Waals surface area contributed by atoms with Gasteiger partial charge in [0.1, 0.15) is 12.2 Å². The molecular weight excluding hydrogens is 1020 g/mol. The third-order valence-electron chi connectivity index (χ3n) is 25.7. The maximum absolute atomic E-state index is 12.5. The van der Waals surface area contributed by atoms with Gasteiger partial charge >= 0.3 is 0 Å². The highest BCUT2D eigenvalue weighted by atomic mass is 32.3. The van der Waals surface area contributed by atoms with E-state index in [1.165, 1.54) is 11.1 Å². The molecule has 16 nitrogen and oxygen atoms in total. The minimum absolute atomic E-state index is 0.0243. The van der Waals surface area contributed by atoms with Gasteiger partial charge in [-0.3, -0.25) is 8.37 Å². The average Bonchev–Trinajstić information content (AvgIpc) is 4.03. The summed E-state index contributed by atoms with van der Waals surface area (Å²) in [6.07, 6.45) is 7.28. The van der Waals surface area contributed by atoms with Crippen molar-refractivity contribution in [2.75, 3.05) is 13.2 Å². The molecule has 4 N–H and O–H groups in total. The van der Waals surface area contributed by atoms with Crippen LogP contribution in [0, 0.1) is 85.8 Å². The van der Waals surface area contributed by atoms with Crippen molar-refractivity contribution in [1.29, 1.82) is 0 Å². The molecule has 0 aromatic heterocycles. The van der Waals surface area contributed by atoms with Crippen LogP contribution in [0.25, 0.3) is 0 Å². The summed E-state index contributed by atoms with van der Waals surface area (Å²) in [6.45, 7) is 23.8. The van der Waals surface area contributed by atoms with Gasteiger partial charge < -0.3 is 48.5 Å². The van der Waals surface area contributed by atoms with Crippen molar-refractivity contribution in [2.45, 2.75) is 238 Å². The van der Waals surface area contributed by atoms with Crippen LogP contribution < -0.4 is 0 Å². The van der Waals surface area contributed by atoms with Crippen LogP contribution in [-0.2, 0) is 48.1 Å². The fourth-order valence-electron chi connectivity index (χ4n) is 22.5. The fraction of sp³-hybridized carbons (Fsp3) is 0.931. The van der Waals surface area contributed by atoms with E-state index in [0.29, 0.717) is 30.1 Å². The summed E-state index contributed by atoms with van der Waals surface area (Å²) in [5.74, 6) is -3.14. The third kappa shape index (κ3) is 7.45. The van der Waals surface area contributed by atoms with Crippen molar-refractivity contribution in [3.05, 3.63) is 22.3 Å². The van der Waals surface area contributed by atoms with Crippen LogP contribution in [0.2, 0.25) is 0 Å². The number of fused-ring (bicyclic) bond motifs is 10. The molecule has 18 heteroatoms. The Morgan fingerprint density at radius 2 is 1.13 bits per heavy atom. The Balaban J connectivity index is 0.791. The lowest BCUT2D eigenvalue weighted by Crippen LogP contribution is -2.76. The second-order valence-electron chi connectivity index (χ2n) is 29.8. The van der Waals surface area contributed by atoms with E-state index in [2.05, 4.69) is 48.5 Å². The van der Waals surface area contributed by atoms with Crippen LogP contribution in [-0.4, -0.2) is 119 Å². The summed E-state index contributed by atoms with van der Waals surface area (Å²) in [6, 6.07) is 0. The van der Waals surface area contributed by atoms with Crippen LogP contribution in [0.5, 0.6) is 0 Å². The van der Waals surface area contributed by atoms with Gasteiger partial charge in [-0.1, -0.05) is 77.7 Å². The summed E-state index contributed by atoms with van der Waals surface area (Å²) in [4.78, 5) is 0. The van der Waals surface area contributed by atoms with Gasteiger partial charge in [-0.05, 0) is 176 Å². The van der Waals surface area contributed by atoms with Gasteiger partial charge in [-0.2, -0.15) is 0 Å². The molecule has 14 aliphatic rings. The zero-order valence-electron chi connectivity index (χ0n) is 46.9. The van der Waals surface area contributed by atoms with Crippen LogP contribution in [0.4, 0.5) is 0 Å². The molecule has 22 atom stereocenters. The van der Waals surface area contributed by atoms with Gasteiger partial charge in [0.15, 0.2) is 11.6 Å². The molecule has 0 aromatic carbocycles. The zero-order valence-corrected chi connectivity index (χ0v) is 48.5. The van der Waals surface area contributed by atoms with Crippen molar-refractivity contribution >= 4 is 20.8 Å². The summed E-state index contributed by atoms with van der Waals surface area (Å²) in [5, 5.41) is 46.5. The lowest BCUT2D eigenvalue weighted by molar-refractivity contribution is -0.408. The van der Waals surface area contributed by atoms with Crippen molar-refractivity contribution in [3.8, 4) is 0 Å². The van der Waals surface area contributed by atoms with E-state index in [1.54, 1.807) is 27.7 Å². The molecule has 0 aromatic rings. The third-order valence-corrected chi connectivity index (χ3v) is 26.7. The smallest absolute Gasteiger partial charge is 0.217 e. The molecule has 2 spiro atoms. The lowest BCUT2D eigenvalue weighted by atomic mass is 9.42. The van der Waals surface area contributed by atoms with E-state index in [1.807, 2.05) is 0 Å². The molecule has 76 heavy (non-hydrogen) atoms. The predicted molar refractivity (Wildman–Crippen MR) is 275 cm³/mol. The second-order valence-corrected chi connectivity index (χ2v) is 31.9. The monoisotopic (exact) mass is 1100 g/mol. The largest absolute Gasteiger partial charge is 0.726 e. The SMILES string of the molecule is C[C@@H]([C@H]1CC[C@H]2C3=C(CC[C@]12C)[C@@]12CO[C@@](O)([C@@H](O)C1)C(C)(C)[C@@H]2[C@@H](OS(=O)(=O)[O-])C3)[C@H]1C[C@@H]2C[C@@](C)(OC2(C)C)[C@H](CC[C@@H](C)[C@H]2CC[C@H]3C4=C(CC[C@]23C)[C@@]23CO[C@@](O)([C@@H](O)C2)C(C)(C)[C@@H]3[C@@H](OS(=O)(=O)[O-])C4)O1. The number of hydrogen-bond donors (Lipinski definition) is 4. The molecule has 8 aliphatic carbocycles. The number of hydrogen-bond acceptors (Lipinski definition) is 16. The van der Waals surface area contributed by atoms with E-state index < -0.39 is 95.9 Å². The van der Waals surface area contributed by atoms with E-state index in [9.17, 15) is 46.4 Å². The molecule has 6 heterocycles. The summed E-state index contributed by atoms with van der Waals surface area (Å²) >= 11 is 0. The highest BCUT2D eigenvalue weighted by Gasteiger charge is 2.76. The summed E-state index contributed by atoms with van der Waals surface area (Å²) in [7, 11) is -10.2. The Hall–Kier alpha value is -1.10. The molecule has 6 aliphatic heterocycles. The topological polar surface area (TPSA) is 251 Å². The first kappa shape index (κ1) is 55.4. The minimum atomic E-state index is -5.10. The van der Waals surface area contributed by atoms with Crippen LogP contribution in [0.15, 0.2) is 22.3 Å². The van der Waals surface area contributed by atoms with Crippen molar-refractivity contribution in [2.24, 2.45) is 85.8 Å². The fourth-order valence-corrected chi connectivity index (χ4v) is 23.5. The first-order chi connectivity index (χ1) is 35.0. The highest BCUT2D eigenvalue weighted by Crippen LogP contribution is 2.74. The van der Waals surface area contributed by atoms with Crippen LogP contribution in [0.3, 0.4) is 0 Å². The zero-order chi connectivity index (χ0) is 54.9. The van der Waals surface area contributed by atoms with Gasteiger partial charge in [0.2, 0.25) is 20.8 Å². The Labute approximate surface area is 452 Å². The maximum atomic E-state index is 12.5. The molecule has 10 fully saturated rings. The number of aliphatic hydroxyl groups is 4. The highest BCUT2D eigenvalue weighted by molar-refractivity contribution is 7.81. The van der Waals surface area contributed by atoms with E-state index in [-0.39, 0.29) is 78.9 Å². The van der Waals surface area contributed by atoms with Gasteiger partial charge in [0.05, 0.1) is 48.8 Å². The Morgan fingerprint density at radius 1 is 0.671 bits per heavy atom. The molecule has 0 amide bonds. The van der Waals surface area contributed by atoms with E-state index >= 15 is 0 Å². The molecule has 4 saturated carbocycles. The standard InChI is InChI=1S/C58H90O16S2/c1-30(35-13-15-37-33-23-42(72-75(63,64)65)47-49(3,4)57(61)44(59)26-55(47,28-69-57)39(33)18-20-52(35,37)9)12-17-46-54(11)25-32(51(7,8)74-54)22-41(71-46)31(2)36-14-16-38-34-24-43(73-76(66,67)68)48-50(5,6)58(62)45(60)27-56(48,29-70-58)40(34)19-21-53(36,38)10/h30-32,35-38,41-48,59-62H,12-29H2,1-11H3,(H,63,64,65)(H,66,67,68)/p-2/t30-,31+,32-,35-,36-,37+,38+,41-,42+,43+,44+,45+,46+,47+,48+,52-,53-,54-,55+,56+,57+,58+/m1/s1. The van der Waals surface area contributed by atoms with Crippen LogP contribution >= 0.6 is 0 Å². The normalized spacial score (nSPS) is 52.2. The quantitative estimate of drug-likeness (QED) is 0.0928. The van der Waals surface area contributed by atoms with Crippen molar-refractivity contribution < 1.29 is 73.7 Å². The molecule has 14 rings (SSSR count). The number of rotatable bonds is 10. The van der Waals surface area contributed by atoms with Crippen molar-refractivity contribution in [3.63, 3.8) is 0 Å². The minimum Gasteiger partial charge on any atom is -0.726 e. The van der Waals surface area contributed by atoms with E-state index in [4.69, 9.17) is 27.3 Å². The molecule has 430 valence electrons. The second kappa shape index (κ2) is 17.0. The first-order valence-corrected chi connectivity index (χ1v) is 31.9. The maximum Gasteiger partial charge on any atom is 0.217 e. The first-order valence-electron chi connectivity index (χ1n) is 29.2. The Kier molecular flexibility index (Phi) is 12.4. The number of aliphatic hydroxyl groups excluding tert-OH is 2. The van der Waals surface area contributed by atoms with Gasteiger partial charge in [0, 0.05) is 33.5 Å².